The Labute approximate surface area is 198 Å². The second kappa shape index (κ2) is 9.63. The molecule has 6 heteroatoms. The van der Waals surface area contributed by atoms with Gasteiger partial charge in [0.1, 0.15) is 5.03 Å². The van der Waals surface area contributed by atoms with Crippen LogP contribution >= 0.6 is 11.8 Å². The summed E-state index contributed by atoms with van der Waals surface area (Å²) in [6.07, 6.45) is 1.83. The molecule has 1 atom stereocenters. The van der Waals surface area contributed by atoms with Crippen molar-refractivity contribution in [3.63, 3.8) is 0 Å². The fourth-order valence-corrected chi connectivity index (χ4v) is 4.96. The van der Waals surface area contributed by atoms with Gasteiger partial charge in [0.05, 0.1) is 5.92 Å². The lowest BCUT2D eigenvalue weighted by Gasteiger charge is -2.32. The number of benzene rings is 3. The molecule has 0 unspecified atom stereocenters. The van der Waals surface area contributed by atoms with E-state index in [2.05, 4.69) is 63.7 Å². The highest BCUT2D eigenvalue weighted by atomic mass is 32.2. The number of carbonyl (C=O) groups is 1. The van der Waals surface area contributed by atoms with Gasteiger partial charge in [0.2, 0.25) is 5.91 Å². The van der Waals surface area contributed by atoms with Crippen molar-refractivity contribution in [2.24, 2.45) is 5.92 Å². The molecule has 1 saturated heterocycles. The first-order valence-corrected chi connectivity index (χ1v) is 12.1. The summed E-state index contributed by atoms with van der Waals surface area (Å²) in [4.78, 5) is 16.4. The Bertz CT molecular complexity index is 1250. The van der Waals surface area contributed by atoms with Crippen LogP contribution in [-0.4, -0.2) is 29.2 Å². The number of nitrogens with one attached hydrogen (secondary N) is 1. The maximum absolute atomic E-state index is 13.1. The Morgan fingerprint density at radius 3 is 2.61 bits per heavy atom. The molecule has 1 amide bonds. The summed E-state index contributed by atoms with van der Waals surface area (Å²) in [5.74, 6) is 0.808. The largest absolute Gasteiger partial charge is 0.354 e. The van der Waals surface area contributed by atoms with Gasteiger partial charge in [0.15, 0.2) is 5.82 Å². The molecule has 0 saturated carbocycles. The van der Waals surface area contributed by atoms with Gasteiger partial charge in [0, 0.05) is 29.1 Å². The number of rotatable bonds is 5. The van der Waals surface area contributed by atoms with E-state index < -0.39 is 0 Å². The zero-order valence-electron chi connectivity index (χ0n) is 18.6. The molecule has 1 N–H and O–H groups in total. The van der Waals surface area contributed by atoms with Crippen molar-refractivity contribution in [3.05, 3.63) is 84.4 Å². The number of piperidine rings is 1. The Morgan fingerprint density at radius 1 is 0.970 bits per heavy atom. The number of anilines is 2. The average molecular weight is 455 g/mol. The first-order chi connectivity index (χ1) is 16.2. The Morgan fingerprint density at radius 2 is 1.79 bits per heavy atom. The first-order valence-electron chi connectivity index (χ1n) is 11.3. The number of hydrogen-bond donors (Lipinski definition) is 1. The van der Waals surface area contributed by atoms with Crippen LogP contribution in [0.4, 0.5) is 11.5 Å². The molecule has 5 rings (SSSR count). The van der Waals surface area contributed by atoms with E-state index in [0.29, 0.717) is 6.54 Å². The van der Waals surface area contributed by atoms with Crippen LogP contribution < -0.4 is 10.2 Å². The molecule has 33 heavy (non-hydrogen) atoms. The van der Waals surface area contributed by atoms with Gasteiger partial charge in [-0.2, -0.15) is 0 Å². The summed E-state index contributed by atoms with van der Waals surface area (Å²) < 4.78 is 0. The third-order valence-corrected chi connectivity index (χ3v) is 6.97. The molecule has 3 aromatic carbocycles. The lowest BCUT2D eigenvalue weighted by Crippen LogP contribution is -2.41. The molecule has 0 bridgehead atoms. The highest BCUT2D eigenvalue weighted by molar-refractivity contribution is 7.99. The fraction of sp³-hybridized carbons (Fsp3) is 0.222. The Kier molecular flexibility index (Phi) is 6.26. The molecule has 0 spiro atoms. The van der Waals surface area contributed by atoms with Crippen molar-refractivity contribution in [2.75, 3.05) is 23.3 Å². The topological polar surface area (TPSA) is 58.1 Å². The quantitative estimate of drug-likeness (QED) is 0.404. The molecular formula is C27H26N4OS. The minimum absolute atomic E-state index is 0.0653. The van der Waals surface area contributed by atoms with Crippen LogP contribution in [0.5, 0.6) is 0 Å². The summed E-state index contributed by atoms with van der Waals surface area (Å²) >= 11 is 1.60. The smallest absolute Gasteiger partial charge is 0.229 e. The van der Waals surface area contributed by atoms with Crippen LogP contribution in [-0.2, 0) is 4.79 Å². The zero-order chi connectivity index (χ0) is 22.6. The molecule has 1 aromatic heterocycles. The predicted octanol–water partition coefficient (Wildman–Crippen LogP) is 5.94. The maximum Gasteiger partial charge on any atom is 0.229 e. The molecule has 5 nitrogen and oxygen atoms in total. The number of nitrogens with zero attached hydrogens (tertiary/aromatic N) is 3. The number of carbonyl (C=O) groups excluding carboxylic acids is 1. The second-order valence-corrected chi connectivity index (χ2v) is 9.54. The molecule has 0 radical (unpaired) electrons. The third-order valence-electron chi connectivity index (χ3n) is 6.03. The summed E-state index contributed by atoms with van der Waals surface area (Å²) in [7, 11) is 0. The normalized spacial score (nSPS) is 16.0. The van der Waals surface area contributed by atoms with Gasteiger partial charge >= 0.3 is 0 Å². The van der Waals surface area contributed by atoms with Crippen LogP contribution in [0, 0.1) is 12.8 Å². The summed E-state index contributed by atoms with van der Waals surface area (Å²) in [5.41, 5.74) is 2.11. The van der Waals surface area contributed by atoms with E-state index in [0.717, 1.165) is 51.6 Å². The van der Waals surface area contributed by atoms with Gasteiger partial charge in [-0.25, -0.2) is 0 Å². The van der Waals surface area contributed by atoms with Crippen molar-refractivity contribution in [1.29, 1.82) is 0 Å². The van der Waals surface area contributed by atoms with Gasteiger partial charge in [0.25, 0.3) is 0 Å². The van der Waals surface area contributed by atoms with E-state index in [9.17, 15) is 4.79 Å². The van der Waals surface area contributed by atoms with Gasteiger partial charge in [-0.1, -0.05) is 65.9 Å². The monoisotopic (exact) mass is 454 g/mol. The molecule has 1 fully saturated rings. The van der Waals surface area contributed by atoms with Crippen LogP contribution in [0.1, 0.15) is 18.4 Å². The standard InChI is InChI=1S/C27H26N4OS/c1-19-11-13-22(14-12-19)33-26-16-15-25(29-30-26)31-17-5-8-21(18-31)27(32)28-24-10-4-7-20-6-2-3-9-23(20)24/h2-4,6-7,9-16,21H,5,8,17-18H2,1H3,(H,28,32)/t21-/m0/s1. The van der Waals surface area contributed by atoms with Gasteiger partial charge in [-0.3, -0.25) is 4.79 Å². The van der Waals surface area contributed by atoms with Crippen molar-refractivity contribution >= 4 is 39.9 Å². The highest BCUT2D eigenvalue weighted by Crippen LogP contribution is 2.29. The number of aromatic nitrogens is 2. The molecule has 0 aliphatic carbocycles. The van der Waals surface area contributed by atoms with E-state index >= 15 is 0 Å². The molecule has 1 aliphatic rings. The summed E-state index contributed by atoms with van der Waals surface area (Å²) in [6, 6.07) is 26.5. The average Bonchev–Trinajstić information content (AvgIpc) is 2.86. The fourth-order valence-electron chi connectivity index (χ4n) is 4.23. The van der Waals surface area contributed by atoms with Crippen LogP contribution in [0.2, 0.25) is 0 Å². The van der Waals surface area contributed by atoms with Crippen LogP contribution in [0.25, 0.3) is 10.8 Å². The third kappa shape index (κ3) is 5.01. The SMILES string of the molecule is Cc1ccc(Sc2ccc(N3CCC[C@H](C(=O)Nc4cccc5ccccc45)C3)nn2)cc1. The van der Waals surface area contributed by atoms with E-state index in [1.54, 1.807) is 11.8 Å². The highest BCUT2D eigenvalue weighted by Gasteiger charge is 2.27. The van der Waals surface area contributed by atoms with Gasteiger partial charge < -0.3 is 10.2 Å². The van der Waals surface area contributed by atoms with Crippen molar-refractivity contribution in [3.8, 4) is 0 Å². The van der Waals surface area contributed by atoms with E-state index in [1.165, 1.54) is 5.56 Å². The number of aryl methyl sites for hydroxylation is 1. The van der Waals surface area contributed by atoms with E-state index in [4.69, 9.17) is 0 Å². The molecule has 1 aliphatic heterocycles. The number of fused-ring (bicyclic) bond motifs is 1. The number of hydrogen-bond acceptors (Lipinski definition) is 5. The minimum Gasteiger partial charge on any atom is -0.354 e. The summed E-state index contributed by atoms with van der Waals surface area (Å²) in [5, 5.41) is 15.1. The maximum atomic E-state index is 13.1. The predicted molar refractivity (Wildman–Crippen MR) is 135 cm³/mol. The molecule has 166 valence electrons. The van der Waals surface area contributed by atoms with Gasteiger partial charge in [-0.15, -0.1) is 10.2 Å². The van der Waals surface area contributed by atoms with Crippen molar-refractivity contribution in [2.45, 2.75) is 29.7 Å². The molecule has 4 aromatic rings. The van der Waals surface area contributed by atoms with E-state index in [-0.39, 0.29) is 11.8 Å². The van der Waals surface area contributed by atoms with Crippen LogP contribution in [0.3, 0.4) is 0 Å². The minimum atomic E-state index is -0.0823. The Hall–Kier alpha value is -3.38. The van der Waals surface area contributed by atoms with Crippen LogP contribution in [0.15, 0.2) is 88.8 Å². The Balaban J connectivity index is 1.24. The molecule has 2 heterocycles. The lowest BCUT2D eigenvalue weighted by molar-refractivity contribution is -0.120. The van der Waals surface area contributed by atoms with Crippen molar-refractivity contribution < 1.29 is 4.79 Å². The van der Waals surface area contributed by atoms with E-state index in [1.807, 2.05) is 42.5 Å². The number of amides is 1. The second-order valence-electron chi connectivity index (χ2n) is 8.45. The molecular weight excluding hydrogens is 428 g/mol. The first kappa shape index (κ1) is 21.5. The van der Waals surface area contributed by atoms with Gasteiger partial charge in [-0.05, 0) is 55.5 Å². The van der Waals surface area contributed by atoms with Crippen molar-refractivity contribution in [1.82, 2.24) is 10.2 Å². The zero-order valence-corrected chi connectivity index (χ0v) is 19.4. The lowest BCUT2D eigenvalue weighted by atomic mass is 9.96. The summed E-state index contributed by atoms with van der Waals surface area (Å²) in [6.45, 7) is 3.62.